The number of benzene rings is 3. The Hall–Kier alpha value is -2.78. The molecule has 0 radical (unpaired) electrons. The zero-order chi connectivity index (χ0) is 18.5. The van der Waals surface area contributed by atoms with Crippen LogP contribution in [0.5, 0.6) is 0 Å². The molecule has 5 aromatic rings. The molecule has 3 aromatic carbocycles. The fourth-order valence-corrected chi connectivity index (χ4v) is 5.95. The second-order valence-electron chi connectivity index (χ2n) is 7.76. The van der Waals surface area contributed by atoms with Gasteiger partial charge in [0.2, 0.25) is 0 Å². The third-order valence-corrected chi connectivity index (χ3v) is 7.37. The molecule has 136 valence electrons. The smallest absolute Gasteiger partial charge is 0.116 e. The van der Waals surface area contributed by atoms with Gasteiger partial charge in [0, 0.05) is 31.1 Å². The van der Waals surface area contributed by atoms with Crippen LogP contribution in [0.25, 0.3) is 42.3 Å². The van der Waals surface area contributed by atoms with Crippen molar-refractivity contribution in [2.45, 2.75) is 31.6 Å². The van der Waals surface area contributed by atoms with E-state index in [2.05, 4.69) is 65.6 Å². The molecule has 0 spiro atoms. The molecule has 0 N–H and O–H groups in total. The fraction of sp³-hybridized carbons (Fsp3) is 0.200. The summed E-state index contributed by atoms with van der Waals surface area (Å²) < 4.78 is 2.63. The summed E-state index contributed by atoms with van der Waals surface area (Å²) in [7, 11) is 0. The van der Waals surface area contributed by atoms with E-state index < -0.39 is 0 Å². The second kappa shape index (κ2) is 6.39. The Morgan fingerprint density at radius 2 is 1.64 bits per heavy atom. The van der Waals surface area contributed by atoms with Gasteiger partial charge in [0.25, 0.3) is 0 Å². The van der Waals surface area contributed by atoms with Crippen LogP contribution in [-0.2, 0) is 0 Å². The molecular formula is C25H20N2S. The summed E-state index contributed by atoms with van der Waals surface area (Å²) in [6.07, 6.45) is 7.05. The first-order valence-electron chi connectivity index (χ1n) is 10.0. The lowest BCUT2D eigenvalue weighted by Gasteiger charge is -2.12. The quantitative estimate of drug-likeness (QED) is 0.320. The maximum atomic E-state index is 4.72. The molecule has 1 saturated carbocycles. The van der Waals surface area contributed by atoms with Crippen molar-refractivity contribution >= 4 is 42.4 Å². The van der Waals surface area contributed by atoms with Crippen molar-refractivity contribution in [2.75, 3.05) is 0 Å². The summed E-state index contributed by atoms with van der Waals surface area (Å²) in [4.78, 5) is 9.33. The van der Waals surface area contributed by atoms with Crippen molar-refractivity contribution in [3.8, 4) is 11.3 Å². The second-order valence-corrected chi connectivity index (χ2v) is 8.81. The van der Waals surface area contributed by atoms with Gasteiger partial charge in [-0.3, -0.25) is 0 Å². The third kappa shape index (κ3) is 2.46. The number of aromatic nitrogens is 2. The minimum Gasteiger partial charge on any atom is -0.236 e. The molecule has 2 aromatic heterocycles. The molecule has 1 fully saturated rings. The van der Waals surface area contributed by atoms with Crippen LogP contribution in [0.15, 0.2) is 67.0 Å². The highest BCUT2D eigenvalue weighted by Gasteiger charge is 2.19. The Morgan fingerprint density at radius 3 is 2.57 bits per heavy atom. The van der Waals surface area contributed by atoms with Crippen molar-refractivity contribution in [3.63, 3.8) is 0 Å². The van der Waals surface area contributed by atoms with Crippen LogP contribution in [-0.4, -0.2) is 9.97 Å². The molecule has 28 heavy (non-hydrogen) atoms. The zero-order valence-corrected chi connectivity index (χ0v) is 16.4. The van der Waals surface area contributed by atoms with Crippen molar-refractivity contribution in [2.24, 2.45) is 0 Å². The van der Waals surface area contributed by atoms with Crippen LogP contribution in [0.4, 0.5) is 0 Å². The van der Waals surface area contributed by atoms with Gasteiger partial charge in [-0.15, -0.1) is 11.3 Å². The van der Waals surface area contributed by atoms with Gasteiger partial charge in [-0.1, -0.05) is 61.4 Å². The molecule has 0 aliphatic heterocycles. The monoisotopic (exact) mass is 380 g/mol. The van der Waals surface area contributed by atoms with E-state index in [0.717, 1.165) is 16.6 Å². The average Bonchev–Trinajstić information content (AvgIpc) is 3.41. The Labute approximate surface area is 167 Å². The van der Waals surface area contributed by atoms with Gasteiger partial charge < -0.3 is 0 Å². The molecule has 3 heteroatoms. The first kappa shape index (κ1) is 16.2. The fourth-order valence-electron chi connectivity index (χ4n) is 4.74. The average molecular weight is 381 g/mol. The van der Waals surface area contributed by atoms with Gasteiger partial charge in [0.1, 0.15) is 6.33 Å². The lowest BCUT2D eigenvalue weighted by Crippen LogP contribution is -1.95. The van der Waals surface area contributed by atoms with Crippen LogP contribution < -0.4 is 0 Å². The largest absolute Gasteiger partial charge is 0.236 e. The molecule has 0 atom stereocenters. The standard InChI is InChI=1S/C25H20N2S/c1-2-7-16(6-1)17-12-13-20-22(14-17)26-15-27-24(20)21-10-5-9-19-18-8-3-4-11-23(18)28-25(19)21/h3-5,8-16H,1-2,6-7H2. The molecule has 6 rings (SSSR count). The van der Waals surface area contributed by atoms with E-state index >= 15 is 0 Å². The Balaban J connectivity index is 1.58. The highest BCUT2D eigenvalue weighted by molar-refractivity contribution is 7.26. The summed E-state index contributed by atoms with van der Waals surface area (Å²) in [5, 5.41) is 3.79. The van der Waals surface area contributed by atoms with E-state index in [9.17, 15) is 0 Å². The summed E-state index contributed by atoms with van der Waals surface area (Å²) in [5.74, 6) is 0.703. The van der Waals surface area contributed by atoms with Crippen molar-refractivity contribution in [1.29, 1.82) is 0 Å². The van der Waals surface area contributed by atoms with Gasteiger partial charge in [0.15, 0.2) is 0 Å². The van der Waals surface area contributed by atoms with Gasteiger partial charge in [0.05, 0.1) is 11.2 Å². The molecule has 0 unspecified atom stereocenters. The SMILES string of the molecule is c1ccc2c(c1)sc1c(-c3ncnc4cc(C5CCCC5)ccc34)cccc12. The van der Waals surface area contributed by atoms with E-state index in [1.807, 2.05) is 11.3 Å². The van der Waals surface area contributed by atoms with Crippen LogP contribution >= 0.6 is 11.3 Å². The van der Waals surface area contributed by atoms with Crippen molar-refractivity contribution in [3.05, 3.63) is 72.6 Å². The lowest BCUT2D eigenvalue weighted by atomic mass is 9.95. The van der Waals surface area contributed by atoms with Crippen molar-refractivity contribution in [1.82, 2.24) is 9.97 Å². The molecule has 1 aliphatic rings. The first-order valence-corrected chi connectivity index (χ1v) is 10.9. The maximum Gasteiger partial charge on any atom is 0.116 e. The van der Waals surface area contributed by atoms with E-state index in [1.54, 1.807) is 6.33 Å². The van der Waals surface area contributed by atoms with Gasteiger partial charge in [-0.25, -0.2) is 9.97 Å². The number of hydrogen-bond donors (Lipinski definition) is 0. The molecule has 0 saturated heterocycles. The van der Waals surface area contributed by atoms with E-state index in [0.29, 0.717) is 5.92 Å². The predicted octanol–water partition coefficient (Wildman–Crippen LogP) is 7.32. The molecule has 2 heterocycles. The number of fused-ring (bicyclic) bond motifs is 4. The summed E-state index contributed by atoms with van der Waals surface area (Å²) in [6, 6.07) is 22.1. The first-order chi connectivity index (χ1) is 13.9. The van der Waals surface area contributed by atoms with Crippen LogP contribution in [0.3, 0.4) is 0 Å². The van der Waals surface area contributed by atoms with E-state index in [4.69, 9.17) is 4.98 Å². The van der Waals surface area contributed by atoms with Crippen LogP contribution in [0.2, 0.25) is 0 Å². The Kier molecular flexibility index (Phi) is 3.69. The summed E-state index contributed by atoms with van der Waals surface area (Å²) in [5.41, 5.74) is 4.75. The van der Waals surface area contributed by atoms with Crippen molar-refractivity contribution < 1.29 is 0 Å². The lowest BCUT2D eigenvalue weighted by molar-refractivity contribution is 0.724. The van der Waals surface area contributed by atoms with Crippen LogP contribution in [0.1, 0.15) is 37.2 Å². The summed E-state index contributed by atoms with van der Waals surface area (Å²) in [6.45, 7) is 0. The number of nitrogens with zero attached hydrogens (tertiary/aromatic N) is 2. The molecule has 0 amide bonds. The highest BCUT2D eigenvalue weighted by atomic mass is 32.1. The van der Waals surface area contributed by atoms with Gasteiger partial charge >= 0.3 is 0 Å². The minimum absolute atomic E-state index is 0.703. The number of hydrogen-bond acceptors (Lipinski definition) is 3. The van der Waals surface area contributed by atoms with E-state index in [1.165, 1.54) is 57.0 Å². The van der Waals surface area contributed by atoms with E-state index in [-0.39, 0.29) is 0 Å². The molecule has 0 bridgehead atoms. The molecular weight excluding hydrogens is 360 g/mol. The zero-order valence-electron chi connectivity index (χ0n) is 15.6. The molecule has 1 aliphatic carbocycles. The Bertz CT molecular complexity index is 1330. The highest BCUT2D eigenvalue weighted by Crippen LogP contribution is 2.41. The Morgan fingerprint density at radius 1 is 0.786 bits per heavy atom. The van der Waals surface area contributed by atoms with Crippen LogP contribution in [0, 0.1) is 0 Å². The number of thiophene rings is 1. The topological polar surface area (TPSA) is 25.8 Å². The third-order valence-electron chi connectivity index (χ3n) is 6.15. The summed E-state index contributed by atoms with van der Waals surface area (Å²) >= 11 is 1.85. The van der Waals surface area contributed by atoms with Gasteiger partial charge in [-0.05, 0) is 36.5 Å². The number of rotatable bonds is 2. The van der Waals surface area contributed by atoms with Gasteiger partial charge in [-0.2, -0.15) is 0 Å². The molecule has 2 nitrogen and oxygen atoms in total. The minimum atomic E-state index is 0.703. The normalized spacial score (nSPS) is 15.1. The maximum absolute atomic E-state index is 4.72. The predicted molar refractivity (Wildman–Crippen MR) is 119 cm³/mol.